The smallest absolute Gasteiger partial charge is 0.414 e. The van der Waals surface area contributed by atoms with Crippen molar-refractivity contribution in [3.05, 3.63) is 76.2 Å². The average Bonchev–Trinajstić information content (AvgIpc) is 3.33. The summed E-state index contributed by atoms with van der Waals surface area (Å²) in [5.41, 5.74) is 5.49. The summed E-state index contributed by atoms with van der Waals surface area (Å²) in [4.78, 5) is 38.7. The number of aromatic nitrogens is 2. The molecule has 1 aliphatic rings. The largest absolute Gasteiger partial charge is 0.473 e. The van der Waals surface area contributed by atoms with Crippen molar-refractivity contribution in [1.82, 2.24) is 15.3 Å². The normalized spacial score (nSPS) is 15.0. The summed E-state index contributed by atoms with van der Waals surface area (Å²) in [6.45, 7) is 3.99. The molecule has 0 fully saturated rings. The van der Waals surface area contributed by atoms with E-state index in [4.69, 9.17) is 19.8 Å². The summed E-state index contributed by atoms with van der Waals surface area (Å²) in [6.07, 6.45) is 3.58. The minimum absolute atomic E-state index is 0.0308. The van der Waals surface area contributed by atoms with Gasteiger partial charge in [0.1, 0.15) is 5.37 Å². The average molecular weight is 425 g/mol. The van der Waals surface area contributed by atoms with E-state index in [0.717, 1.165) is 33.3 Å². The predicted octanol–water partition coefficient (Wildman–Crippen LogP) is 3.39. The molecule has 0 aliphatic carbocycles. The summed E-state index contributed by atoms with van der Waals surface area (Å²) >= 11 is 1.60. The number of nitrogens with one attached hydrogen (secondary N) is 2. The lowest BCUT2D eigenvalue weighted by Crippen LogP contribution is -2.19. The van der Waals surface area contributed by atoms with Crippen molar-refractivity contribution in [2.75, 3.05) is 0 Å². The highest BCUT2D eigenvalue weighted by Crippen LogP contribution is 2.36. The third-order valence-corrected chi connectivity index (χ3v) is 5.43. The second kappa shape index (κ2) is 8.83. The van der Waals surface area contributed by atoms with Gasteiger partial charge in [0.15, 0.2) is 0 Å². The zero-order chi connectivity index (χ0) is 21.8. The van der Waals surface area contributed by atoms with Gasteiger partial charge in [-0.3, -0.25) is 9.78 Å². The molecule has 0 radical (unpaired) electrons. The second-order valence-corrected chi connectivity index (χ2v) is 7.57. The molecule has 3 heterocycles. The van der Waals surface area contributed by atoms with E-state index in [2.05, 4.69) is 21.4 Å². The van der Waals surface area contributed by atoms with Crippen LogP contribution in [0.4, 0.5) is 0 Å². The first-order chi connectivity index (χ1) is 14.3. The zero-order valence-corrected chi connectivity index (χ0v) is 17.0. The van der Waals surface area contributed by atoms with Gasteiger partial charge >= 0.3 is 11.9 Å². The van der Waals surface area contributed by atoms with Crippen LogP contribution in [0, 0.1) is 13.8 Å². The third-order valence-electron chi connectivity index (χ3n) is 4.39. The topological polar surface area (TPSA) is 132 Å². The van der Waals surface area contributed by atoms with Crippen molar-refractivity contribution in [2.45, 2.75) is 19.2 Å². The SMILES string of the molecule is Cc1ccc2[nH]c(C)c(C(=O)C3=CSC(c4cccnc4)N3)c2c1.O=C(O)C(=O)O. The summed E-state index contributed by atoms with van der Waals surface area (Å²) in [5, 5.41) is 21.0. The van der Waals surface area contributed by atoms with E-state index in [1.54, 1.807) is 18.0 Å². The van der Waals surface area contributed by atoms with Crippen LogP contribution >= 0.6 is 11.8 Å². The number of fused-ring (bicyclic) bond motifs is 1. The molecule has 4 N–H and O–H groups in total. The number of carbonyl (C=O) groups excluding carboxylic acids is 1. The summed E-state index contributed by atoms with van der Waals surface area (Å²) in [6, 6.07) is 10.1. The lowest BCUT2D eigenvalue weighted by atomic mass is 10.0. The fraction of sp³-hybridized carbons (Fsp3) is 0.143. The molecule has 0 spiro atoms. The number of aromatic amines is 1. The molecule has 1 atom stereocenters. The molecule has 2 aromatic heterocycles. The standard InChI is InChI=1S/C19H17N3OS.C2H2O4/c1-11-5-6-15-14(8-11)17(12(2)21-15)18(23)16-10-24-19(22-16)13-4-3-7-20-9-13;3-1(4)2(5)6/h3-10,19,21-22H,1-2H3;(H,3,4)(H,5,6). The van der Waals surface area contributed by atoms with Crippen LogP contribution in [-0.4, -0.2) is 37.9 Å². The van der Waals surface area contributed by atoms with Gasteiger partial charge in [0, 0.05) is 40.0 Å². The molecule has 0 amide bonds. The van der Waals surface area contributed by atoms with Crippen molar-refractivity contribution in [2.24, 2.45) is 0 Å². The Bertz CT molecular complexity index is 1140. The number of rotatable bonds is 3. The van der Waals surface area contributed by atoms with Gasteiger partial charge in [-0.15, -0.1) is 11.8 Å². The Morgan fingerprint density at radius 1 is 1.10 bits per heavy atom. The number of Topliss-reactive ketones (excluding diaryl/α,β-unsaturated/α-hetero) is 1. The Kier molecular flexibility index (Phi) is 6.22. The maximum absolute atomic E-state index is 13.1. The Hall–Kier alpha value is -3.59. The Balaban J connectivity index is 0.000000377. The highest BCUT2D eigenvalue weighted by atomic mass is 32.2. The van der Waals surface area contributed by atoms with Crippen LogP contribution in [-0.2, 0) is 9.59 Å². The van der Waals surface area contributed by atoms with E-state index in [-0.39, 0.29) is 11.2 Å². The molecule has 1 aromatic carbocycles. The molecule has 8 nitrogen and oxygen atoms in total. The van der Waals surface area contributed by atoms with Crippen molar-refractivity contribution < 1.29 is 24.6 Å². The van der Waals surface area contributed by atoms with E-state index >= 15 is 0 Å². The molecule has 0 saturated heterocycles. The van der Waals surface area contributed by atoms with Crippen LogP contribution in [0.25, 0.3) is 10.9 Å². The quantitative estimate of drug-likeness (QED) is 0.371. The first-order valence-corrected chi connectivity index (χ1v) is 9.84. The van der Waals surface area contributed by atoms with Crippen LogP contribution in [0.3, 0.4) is 0 Å². The number of allylic oxidation sites excluding steroid dienone is 1. The molecule has 1 unspecified atom stereocenters. The summed E-state index contributed by atoms with van der Waals surface area (Å²) in [5.74, 6) is -3.62. The number of hydrogen-bond donors (Lipinski definition) is 4. The Labute approximate surface area is 176 Å². The zero-order valence-electron chi connectivity index (χ0n) is 16.2. The number of nitrogens with zero attached hydrogens (tertiary/aromatic N) is 1. The van der Waals surface area contributed by atoms with Crippen LogP contribution in [0.2, 0.25) is 0 Å². The van der Waals surface area contributed by atoms with Gasteiger partial charge in [-0.1, -0.05) is 17.7 Å². The lowest BCUT2D eigenvalue weighted by Gasteiger charge is -2.12. The van der Waals surface area contributed by atoms with E-state index in [0.29, 0.717) is 5.70 Å². The number of aryl methyl sites for hydroxylation is 2. The van der Waals surface area contributed by atoms with Crippen molar-refractivity contribution >= 4 is 40.4 Å². The van der Waals surface area contributed by atoms with E-state index in [1.165, 1.54) is 0 Å². The minimum atomic E-state index is -1.82. The molecule has 3 aromatic rings. The molecule has 1 aliphatic heterocycles. The van der Waals surface area contributed by atoms with Gasteiger partial charge in [0.2, 0.25) is 5.78 Å². The van der Waals surface area contributed by atoms with E-state index < -0.39 is 11.9 Å². The second-order valence-electron chi connectivity index (χ2n) is 6.59. The maximum Gasteiger partial charge on any atom is 0.414 e. The molecule has 154 valence electrons. The van der Waals surface area contributed by atoms with Gasteiger partial charge in [0.25, 0.3) is 0 Å². The van der Waals surface area contributed by atoms with E-state index in [9.17, 15) is 4.79 Å². The van der Waals surface area contributed by atoms with Gasteiger partial charge in [0.05, 0.1) is 11.3 Å². The maximum atomic E-state index is 13.1. The molecular formula is C21H19N3O5S. The third kappa shape index (κ3) is 4.52. The van der Waals surface area contributed by atoms with Crippen LogP contribution in [0.15, 0.2) is 53.8 Å². The number of ketones is 1. The fourth-order valence-electron chi connectivity index (χ4n) is 3.03. The summed E-state index contributed by atoms with van der Waals surface area (Å²) in [7, 11) is 0. The van der Waals surface area contributed by atoms with Crippen LogP contribution in [0.5, 0.6) is 0 Å². The monoisotopic (exact) mass is 425 g/mol. The number of H-pyrrole nitrogens is 1. The molecule has 4 rings (SSSR count). The van der Waals surface area contributed by atoms with Crippen molar-refractivity contribution in [3.8, 4) is 0 Å². The number of carboxylic acids is 2. The fourth-order valence-corrected chi connectivity index (χ4v) is 3.96. The van der Waals surface area contributed by atoms with Crippen LogP contribution in [0.1, 0.15) is 32.6 Å². The van der Waals surface area contributed by atoms with E-state index in [1.807, 2.05) is 49.7 Å². The molecular weight excluding hydrogens is 406 g/mol. The number of benzene rings is 1. The number of carbonyl (C=O) groups is 3. The predicted molar refractivity (Wildman–Crippen MR) is 113 cm³/mol. The molecule has 0 bridgehead atoms. The highest BCUT2D eigenvalue weighted by Gasteiger charge is 2.26. The molecule has 9 heteroatoms. The lowest BCUT2D eigenvalue weighted by molar-refractivity contribution is -0.159. The summed E-state index contributed by atoms with van der Waals surface area (Å²) < 4.78 is 0. The van der Waals surface area contributed by atoms with Crippen LogP contribution < -0.4 is 5.32 Å². The molecule has 30 heavy (non-hydrogen) atoms. The number of carboxylic acid groups (broad SMARTS) is 2. The van der Waals surface area contributed by atoms with Gasteiger partial charge in [-0.05, 0) is 32.0 Å². The Morgan fingerprint density at radius 3 is 2.47 bits per heavy atom. The number of aliphatic carboxylic acids is 2. The first kappa shape index (κ1) is 21.1. The van der Waals surface area contributed by atoms with Crippen molar-refractivity contribution in [3.63, 3.8) is 0 Å². The Morgan fingerprint density at radius 2 is 1.83 bits per heavy atom. The van der Waals surface area contributed by atoms with Gasteiger partial charge < -0.3 is 20.5 Å². The minimum Gasteiger partial charge on any atom is -0.473 e. The number of hydrogen-bond acceptors (Lipinski definition) is 6. The number of thioether (sulfide) groups is 1. The van der Waals surface area contributed by atoms with Crippen molar-refractivity contribution in [1.29, 1.82) is 0 Å². The first-order valence-electron chi connectivity index (χ1n) is 8.90. The molecule has 0 saturated carbocycles. The highest BCUT2D eigenvalue weighted by molar-refractivity contribution is 8.02. The number of pyridine rings is 1. The van der Waals surface area contributed by atoms with Gasteiger partial charge in [-0.25, -0.2) is 9.59 Å². The van der Waals surface area contributed by atoms with Gasteiger partial charge in [-0.2, -0.15) is 0 Å².